The molecule has 28 heavy (non-hydrogen) atoms. The van der Waals surface area contributed by atoms with E-state index in [1.54, 1.807) is 18.4 Å². The van der Waals surface area contributed by atoms with E-state index in [0.29, 0.717) is 12.3 Å². The highest BCUT2D eigenvalue weighted by Crippen LogP contribution is 2.30. The summed E-state index contributed by atoms with van der Waals surface area (Å²) in [6, 6.07) is 15.8. The SMILES string of the molecule is COc1ccc(SCC(=O)N(CCCN(C)C)c2nc3ccccc3s2)cc1. The predicted molar refractivity (Wildman–Crippen MR) is 119 cm³/mol. The maximum absolute atomic E-state index is 13.0. The number of para-hydroxylation sites is 1. The minimum atomic E-state index is 0.0821. The van der Waals surface area contributed by atoms with Crippen LogP contribution in [0.25, 0.3) is 10.2 Å². The van der Waals surface area contributed by atoms with Crippen LogP contribution >= 0.6 is 23.1 Å². The van der Waals surface area contributed by atoms with Crippen molar-refractivity contribution in [2.45, 2.75) is 11.3 Å². The zero-order chi connectivity index (χ0) is 19.9. The average molecular weight is 416 g/mol. The van der Waals surface area contributed by atoms with Crippen molar-refractivity contribution in [3.63, 3.8) is 0 Å². The standard InChI is InChI=1S/C21H25N3O2S2/c1-23(2)13-6-14-24(21-22-18-7-4-5-8-19(18)28-21)20(25)15-27-17-11-9-16(26-3)10-12-17/h4-5,7-12H,6,13-15H2,1-3H3. The van der Waals surface area contributed by atoms with Gasteiger partial charge in [0.15, 0.2) is 5.13 Å². The number of hydrogen-bond donors (Lipinski definition) is 0. The molecule has 148 valence electrons. The van der Waals surface area contributed by atoms with Gasteiger partial charge in [0.05, 0.1) is 23.1 Å². The molecule has 3 rings (SSSR count). The van der Waals surface area contributed by atoms with Gasteiger partial charge in [0.1, 0.15) is 5.75 Å². The van der Waals surface area contributed by atoms with Crippen LogP contribution in [0.2, 0.25) is 0 Å². The molecule has 0 unspecified atom stereocenters. The van der Waals surface area contributed by atoms with Gasteiger partial charge in [-0.15, -0.1) is 11.8 Å². The van der Waals surface area contributed by atoms with Gasteiger partial charge in [0, 0.05) is 11.4 Å². The number of carbonyl (C=O) groups excluding carboxylic acids is 1. The lowest BCUT2D eigenvalue weighted by atomic mass is 10.3. The van der Waals surface area contributed by atoms with Gasteiger partial charge in [-0.1, -0.05) is 23.5 Å². The summed E-state index contributed by atoms with van der Waals surface area (Å²) in [4.78, 5) is 22.7. The predicted octanol–water partition coefficient (Wildman–Crippen LogP) is 4.38. The van der Waals surface area contributed by atoms with Crippen LogP contribution in [-0.4, -0.2) is 55.8 Å². The van der Waals surface area contributed by atoms with Crippen LogP contribution in [0.5, 0.6) is 5.75 Å². The summed E-state index contributed by atoms with van der Waals surface area (Å²) in [5.41, 5.74) is 0.940. The van der Waals surface area contributed by atoms with E-state index in [9.17, 15) is 4.79 Å². The van der Waals surface area contributed by atoms with Gasteiger partial charge in [0.25, 0.3) is 0 Å². The van der Waals surface area contributed by atoms with Gasteiger partial charge >= 0.3 is 0 Å². The molecule has 0 radical (unpaired) electrons. The van der Waals surface area contributed by atoms with E-state index >= 15 is 0 Å². The van der Waals surface area contributed by atoms with E-state index in [1.165, 1.54) is 11.8 Å². The van der Waals surface area contributed by atoms with E-state index in [-0.39, 0.29) is 5.91 Å². The topological polar surface area (TPSA) is 45.7 Å². The number of fused-ring (bicyclic) bond motifs is 1. The molecule has 0 aliphatic rings. The maximum Gasteiger partial charge on any atom is 0.239 e. The number of aromatic nitrogens is 1. The number of methoxy groups -OCH3 is 1. The van der Waals surface area contributed by atoms with Crippen molar-refractivity contribution in [3.05, 3.63) is 48.5 Å². The molecule has 5 nitrogen and oxygen atoms in total. The number of hydrogen-bond acceptors (Lipinski definition) is 6. The minimum Gasteiger partial charge on any atom is -0.497 e. The first-order chi connectivity index (χ1) is 13.6. The summed E-state index contributed by atoms with van der Waals surface area (Å²) in [7, 11) is 5.74. The number of rotatable bonds is 9. The number of nitrogens with zero attached hydrogens (tertiary/aromatic N) is 3. The molecule has 2 aromatic carbocycles. The fourth-order valence-corrected chi connectivity index (χ4v) is 4.53. The van der Waals surface area contributed by atoms with E-state index in [0.717, 1.165) is 39.0 Å². The van der Waals surface area contributed by atoms with Crippen LogP contribution in [0.3, 0.4) is 0 Å². The second kappa shape index (κ2) is 9.91. The normalized spacial score (nSPS) is 11.1. The molecular weight excluding hydrogens is 390 g/mol. The van der Waals surface area contributed by atoms with Crippen LogP contribution in [0, 0.1) is 0 Å². The lowest BCUT2D eigenvalue weighted by Gasteiger charge is -2.21. The second-order valence-electron chi connectivity index (χ2n) is 6.63. The Labute approximate surface area is 174 Å². The molecule has 0 N–H and O–H groups in total. The molecule has 0 saturated heterocycles. The first-order valence-electron chi connectivity index (χ1n) is 9.14. The summed E-state index contributed by atoms with van der Waals surface area (Å²) in [5.74, 6) is 1.28. The molecule has 0 bridgehead atoms. The average Bonchev–Trinajstić information content (AvgIpc) is 3.13. The quantitative estimate of drug-likeness (QED) is 0.485. The number of amides is 1. The molecule has 0 spiro atoms. The van der Waals surface area contributed by atoms with Crippen molar-refractivity contribution >= 4 is 44.4 Å². The largest absolute Gasteiger partial charge is 0.497 e. The monoisotopic (exact) mass is 415 g/mol. The first-order valence-corrected chi connectivity index (χ1v) is 10.9. The van der Waals surface area contributed by atoms with Crippen LogP contribution in [0.4, 0.5) is 5.13 Å². The Morgan fingerprint density at radius 3 is 2.54 bits per heavy atom. The lowest BCUT2D eigenvalue weighted by molar-refractivity contribution is -0.116. The molecule has 1 aromatic heterocycles. The van der Waals surface area contributed by atoms with Crippen molar-refractivity contribution in [3.8, 4) is 5.75 Å². The number of ether oxygens (including phenoxy) is 1. The van der Waals surface area contributed by atoms with E-state index in [1.807, 2.05) is 67.5 Å². The minimum absolute atomic E-state index is 0.0821. The number of benzene rings is 2. The third-order valence-corrected chi connectivity index (χ3v) is 6.28. The first kappa shape index (κ1) is 20.6. The van der Waals surface area contributed by atoms with Gasteiger partial charge in [-0.25, -0.2) is 4.98 Å². The van der Waals surface area contributed by atoms with Crippen LogP contribution in [-0.2, 0) is 4.79 Å². The molecule has 0 aliphatic heterocycles. The van der Waals surface area contributed by atoms with Crippen LogP contribution in [0.15, 0.2) is 53.4 Å². The van der Waals surface area contributed by atoms with Gasteiger partial charge in [0.2, 0.25) is 5.91 Å². The van der Waals surface area contributed by atoms with Gasteiger partial charge < -0.3 is 9.64 Å². The molecule has 7 heteroatoms. The summed E-state index contributed by atoms with van der Waals surface area (Å²) in [6.07, 6.45) is 0.905. The summed E-state index contributed by atoms with van der Waals surface area (Å²) >= 11 is 3.11. The Balaban J connectivity index is 1.71. The molecule has 1 heterocycles. The van der Waals surface area contributed by atoms with Crippen molar-refractivity contribution in [1.29, 1.82) is 0 Å². The van der Waals surface area contributed by atoms with Crippen LogP contribution < -0.4 is 9.64 Å². The molecule has 0 saturated carbocycles. The Morgan fingerprint density at radius 1 is 1.11 bits per heavy atom. The third kappa shape index (κ3) is 5.47. The third-order valence-electron chi connectivity index (χ3n) is 4.22. The highest BCUT2D eigenvalue weighted by atomic mass is 32.2. The molecule has 0 aliphatic carbocycles. The zero-order valence-corrected chi connectivity index (χ0v) is 18.1. The molecule has 1 amide bonds. The van der Waals surface area contributed by atoms with E-state index in [4.69, 9.17) is 9.72 Å². The molecular formula is C21H25N3O2S2. The highest BCUT2D eigenvalue weighted by molar-refractivity contribution is 8.00. The van der Waals surface area contributed by atoms with Crippen molar-refractivity contribution in [1.82, 2.24) is 9.88 Å². The zero-order valence-electron chi connectivity index (χ0n) is 16.4. The van der Waals surface area contributed by atoms with Crippen molar-refractivity contribution in [2.24, 2.45) is 0 Å². The van der Waals surface area contributed by atoms with E-state index < -0.39 is 0 Å². The Morgan fingerprint density at radius 2 is 1.86 bits per heavy atom. The fourth-order valence-electron chi connectivity index (χ4n) is 2.74. The van der Waals surface area contributed by atoms with Crippen molar-refractivity contribution in [2.75, 3.05) is 44.9 Å². The van der Waals surface area contributed by atoms with Crippen LogP contribution in [0.1, 0.15) is 6.42 Å². The van der Waals surface area contributed by atoms with Gasteiger partial charge in [-0.2, -0.15) is 0 Å². The fraction of sp³-hybridized carbons (Fsp3) is 0.333. The van der Waals surface area contributed by atoms with E-state index in [2.05, 4.69) is 4.90 Å². The van der Waals surface area contributed by atoms with Gasteiger partial charge in [-0.05, 0) is 63.5 Å². The molecule has 0 atom stereocenters. The Kier molecular flexibility index (Phi) is 7.30. The highest BCUT2D eigenvalue weighted by Gasteiger charge is 2.19. The number of carbonyl (C=O) groups is 1. The van der Waals surface area contributed by atoms with Crippen molar-refractivity contribution < 1.29 is 9.53 Å². The second-order valence-corrected chi connectivity index (χ2v) is 8.69. The van der Waals surface area contributed by atoms with Gasteiger partial charge in [-0.3, -0.25) is 9.69 Å². The lowest BCUT2D eigenvalue weighted by Crippen LogP contribution is -2.34. The number of thioether (sulfide) groups is 1. The smallest absolute Gasteiger partial charge is 0.239 e. The maximum atomic E-state index is 13.0. The number of anilines is 1. The Hall–Kier alpha value is -2.09. The Bertz CT molecular complexity index is 876. The summed E-state index contributed by atoms with van der Waals surface area (Å²) in [5, 5.41) is 0.778. The summed E-state index contributed by atoms with van der Waals surface area (Å²) < 4.78 is 6.29. The number of thiazole rings is 1. The summed E-state index contributed by atoms with van der Waals surface area (Å²) in [6.45, 7) is 1.60. The molecule has 3 aromatic rings. The molecule has 0 fully saturated rings.